The molecule has 2 aliphatic heterocycles. The van der Waals surface area contributed by atoms with Crippen LogP contribution in [-0.4, -0.2) is 48.4 Å². The number of hydrogen-bond donors (Lipinski definition) is 1. The Morgan fingerprint density at radius 1 is 1.13 bits per heavy atom. The number of hydrogen-bond acceptors (Lipinski definition) is 3. The third-order valence-electron chi connectivity index (χ3n) is 4.99. The van der Waals surface area contributed by atoms with Crippen molar-refractivity contribution in [2.45, 2.75) is 32.1 Å². The van der Waals surface area contributed by atoms with Crippen molar-refractivity contribution in [1.82, 2.24) is 9.80 Å². The van der Waals surface area contributed by atoms with Gasteiger partial charge in [0.2, 0.25) is 5.91 Å². The SMILES string of the molecule is Cl.Nc1cccc(CC(=O)N2CCC(CN3CCCC3)CC2)c1. The van der Waals surface area contributed by atoms with E-state index >= 15 is 0 Å². The van der Waals surface area contributed by atoms with Gasteiger partial charge in [-0.1, -0.05) is 12.1 Å². The average molecular weight is 338 g/mol. The Balaban J connectivity index is 0.00000192. The Morgan fingerprint density at radius 2 is 1.83 bits per heavy atom. The molecule has 1 aromatic rings. The summed E-state index contributed by atoms with van der Waals surface area (Å²) in [4.78, 5) is 17.0. The zero-order chi connectivity index (χ0) is 15.4. The topological polar surface area (TPSA) is 49.6 Å². The van der Waals surface area contributed by atoms with Crippen molar-refractivity contribution < 1.29 is 4.79 Å². The van der Waals surface area contributed by atoms with Crippen molar-refractivity contribution in [3.05, 3.63) is 29.8 Å². The standard InChI is InChI=1S/C18H27N3O.ClH/c19-17-5-3-4-16(12-17)13-18(22)21-10-6-15(7-11-21)14-20-8-1-2-9-20;/h3-5,12,15H,1-2,6-11,13-14,19H2;1H. The minimum absolute atomic E-state index is 0. The van der Waals surface area contributed by atoms with Crippen molar-refractivity contribution in [1.29, 1.82) is 0 Å². The van der Waals surface area contributed by atoms with E-state index in [1.165, 1.54) is 32.5 Å². The Hall–Kier alpha value is -1.26. The summed E-state index contributed by atoms with van der Waals surface area (Å²) in [6, 6.07) is 7.66. The number of carbonyl (C=O) groups excluding carboxylic acids is 1. The highest BCUT2D eigenvalue weighted by atomic mass is 35.5. The molecular formula is C18H28ClN3O. The molecule has 3 rings (SSSR count). The number of amides is 1. The highest BCUT2D eigenvalue weighted by Crippen LogP contribution is 2.21. The number of anilines is 1. The summed E-state index contributed by atoms with van der Waals surface area (Å²) in [5.41, 5.74) is 7.53. The van der Waals surface area contributed by atoms with E-state index < -0.39 is 0 Å². The molecule has 2 aliphatic rings. The Labute approximate surface area is 145 Å². The smallest absolute Gasteiger partial charge is 0.226 e. The molecule has 0 aromatic heterocycles. The lowest BCUT2D eigenvalue weighted by molar-refractivity contribution is -0.131. The van der Waals surface area contributed by atoms with Gasteiger partial charge in [0.15, 0.2) is 0 Å². The molecule has 1 amide bonds. The molecule has 0 radical (unpaired) electrons. The number of likely N-dealkylation sites (tertiary alicyclic amines) is 2. The van der Waals surface area contributed by atoms with Crippen molar-refractivity contribution in [2.75, 3.05) is 38.5 Å². The summed E-state index contributed by atoms with van der Waals surface area (Å²) in [5.74, 6) is 1.01. The fraction of sp³-hybridized carbons (Fsp3) is 0.611. The second-order valence-electron chi connectivity index (χ2n) is 6.75. The number of piperidine rings is 1. The molecule has 0 saturated carbocycles. The van der Waals surface area contributed by atoms with Crippen molar-refractivity contribution in [2.24, 2.45) is 5.92 Å². The van der Waals surface area contributed by atoms with Crippen LogP contribution in [0.25, 0.3) is 0 Å². The molecule has 128 valence electrons. The van der Waals surface area contributed by atoms with Gasteiger partial charge in [-0.05, 0) is 62.4 Å². The summed E-state index contributed by atoms with van der Waals surface area (Å²) >= 11 is 0. The molecule has 2 heterocycles. The number of nitrogens with zero attached hydrogens (tertiary/aromatic N) is 2. The zero-order valence-electron chi connectivity index (χ0n) is 13.7. The third kappa shape index (κ3) is 5.11. The van der Waals surface area contributed by atoms with Gasteiger partial charge in [0, 0.05) is 25.3 Å². The first kappa shape index (κ1) is 18.1. The van der Waals surface area contributed by atoms with Crippen LogP contribution in [0.15, 0.2) is 24.3 Å². The number of benzene rings is 1. The van der Waals surface area contributed by atoms with E-state index in [-0.39, 0.29) is 18.3 Å². The van der Waals surface area contributed by atoms with Gasteiger partial charge in [0.25, 0.3) is 0 Å². The molecule has 2 fully saturated rings. The molecule has 0 atom stereocenters. The van der Waals surface area contributed by atoms with Gasteiger partial charge < -0.3 is 15.5 Å². The quantitative estimate of drug-likeness (QED) is 0.859. The lowest BCUT2D eigenvalue weighted by Crippen LogP contribution is -2.41. The predicted octanol–water partition coefficient (Wildman–Crippen LogP) is 2.57. The van der Waals surface area contributed by atoms with Gasteiger partial charge in [-0.2, -0.15) is 0 Å². The first-order valence-corrected chi connectivity index (χ1v) is 8.55. The highest BCUT2D eigenvalue weighted by molar-refractivity contribution is 5.85. The van der Waals surface area contributed by atoms with E-state index in [1.54, 1.807) is 0 Å². The maximum Gasteiger partial charge on any atom is 0.226 e. The lowest BCUT2D eigenvalue weighted by atomic mass is 9.95. The Bertz CT molecular complexity index is 509. The van der Waals surface area contributed by atoms with Gasteiger partial charge in [-0.25, -0.2) is 0 Å². The molecule has 0 unspecified atom stereocenters. The van der Waals surface area contributed by atoms with Crippen LogP contribution >= 0.6 is 12.4 Å². The average Bonchev–Trinajstić information content (AvgIpc) is 3.01. The minimum atomic E-state index is 0. The van der Waals surface area contributed by atoms with Gasteiger partial charge >= 0.3 is 0 Å². The van der Waals surface area contributed by atoms with Crippen LogP contribution in [0.4, 0.5) is 5.69 Å². The van der Waals surface area contributed by atoms with Gasteiger partial charge in [0.05, 0.1) is 6.42 Å². The van der Waals surface area contributed by atoms with Crippen LogP contribution < -0.4 is 5.73 Å². The Kier molecular flexibility index (Phi) is 6.72. The summed E-state index contributed by atoms with van der Waals surface area (Å²) in [7, 11) is 0. The number of nitrogens with two attached hydrogens (primary N) is 1. The second kappa shape index (κ2) is 8.55. The van der Waals surface area contributed by atoms with E-state index in [1.807, 2.05) is 29.2 Å². The maximum absolute atomic E-state index is 12.4. The van der Waals surface area contributed by atoms with Crippen LogP contribution in [0.5, 0.6) is 0 Å². The fourth-order valence-electron chi connectivity index (χ4n) is 3.68. The molecule has 4 nitrogen and oxygen atoms in total. The normalized spacial score (nSPS) is 19.6. The summed E-state index contributed by atoms with van der Waals surface area (Å²) in [6.45, 7) is 5.61. The lowest BCUT2D eigenvalue weighted by Gasteiger charge is -2.34. The molecule has 2 saturated heterocycles. The van der Waals surface area contributed by atoms with Crippen LogP contribution in [0, 0.1) is 5.92 Å². The van der Waals surface area contributed by atoms with Gasteiger partial charge in [-0.15, -0.1) is 12.4 Å². The third-order valence-corrected chi connectivity index (χ3v) is 4.99. The Morgan fingerprint density at radius 3 is 2.48 bits per heavy atom. The minimum Gasteiger partial charge on any atom is -0.399 e. The maximum atomic E-state index is 12.4. The second-order valence-corrected chi connectivity index (χ2v) is 6.75. The number of rotatable bonds is 4. The van der Waals surface area contributed by atoms with E-state index in [0.29, 0.717) is 6.42 Å². The predicted molar refractivity (Wildman–Crippen MR) is 96.8 cm³/mol. The summed E-state index contributed by atoms with van der Waals surface area (Å²) in [5, 5.41) is 0. The summed E-state index contributed by atoms with van der Waals surface area (Å²) < 4.78 is 0. The highest BCUT2D eigenvalue weighted by Gasteiger charge is 2.25. The van der Waals surface area contributed by atoms with Crippen LogP contribution in [0.2, 0.25) is 0 Å². The first-order valence-electron chi connectivity index (χ1n) is 8.55. The molecule has 23 heavy (non-hydrogen) atoms. The van der Waals surface area contributed by atoms with Crippen LogP contribution in [0.1, 0.15) is 31.2 Å². The van der Waals surface area contributed by atoms with E-state index in [9.17, 15) is 4.79 Å². The zero-order valence-corrected chi connectivity index (χ0v) is 14.6. The first-order chi connectivity index (χ1) is 10.7. The van der Waals surface area contributed by atoms with E-state index in [2.05, 4.69) is 4.90 Å². The van der Waals surface area contributed by atoms with Crippen molar-refractivity contribution in [3.8, 4) is 0 Å². The van der Waals surface area contributed by atoms with Crippen molar-refractivity contribution >= 4 is 24.0 Å². The molecule has 0 spiro atoms. The molecule has 0 bridgehead atoms. The van der Waals surface area contributed by atoms with E-state index in [4.69, 9.17) is 5.73 Å². The van der Waals surface area contributed by atoms with Gasteiger partial charge in [-0.3, -0.25) is 4.79 Å². The van der Waals surface area contributed by atoms with Crippen molar-refractivity contribution in [3.63, 3.8) is 0 Å². The largest absolute Gasteiger partial charge is 0.399 e. The molecule has 1 aromatic carbocycles. The number of carbonyl (C=O) groups is 1. The molecule has 0 aliphatic carbocycles. The van der Waals surface area contributed by atoms with Gasteiger partial charge in [0.1, 0.15) is 0 Å². The fourth-order valence-corrected chi connectivity index (χ4v) is 3.68. The van der Waals surface area contributed by atoms with Crippen LogP contribution in [0.3, 0.4) is 0 Å². The van der Waals surface area contributed by atoms with Crippen LogP contribution in [-0.2, 0) is 11.2 Å². The van der Waals surface area contributed by atoms with E-state index in [0.717, 1.165) is 43.1 Å². The molecule has 2 N–H and O–H groups in total. The molecular weight excluding hydrogens is 310 g/mol. The monoisotopic (exact) mass is 337 g/mol. The number of halogens is 1. The number of nitrogen functional groups attached to an aromatic ring is 1. The summed E-state index contributed by atoms with van der Waals surface area (Å²) in [6.07, 6.45) is 5.50. The molecule has 5 heteroatoms.